The van der Waals surface area contributed by atoms with Gasteiger partial charge in [-0.3, -0.25) is 0 Å². The van der Waals surface area contributed by atoms with Crippen molar-refractivity contribution in [3.63, 3.8) is 0 Å². The summed E-state index contributed by atoms with van der Waals surface area (Å²) in [5.74, 6) is 0. The van der Waals surface area contributed by atoms with E-state index in [1.54, 1.807) is 0 Å². The maximum absolute atomic E-state index is 2.49. The van der Waals surface area contributed by atoms with Gasteiger partial charge in [0, 0.05) is 57.4 Å². The number of hydrogen-bond acceptors (Lipinski definition) is 3. The van der Waals surface area contributed by atoms with E-state index in [0.29, 0.717) is 0 Å². The first-order valence-electron chi connectivity index (χ1n) is 22.0. The monoisotopic (exact) mass is 847 g/mol. The van der Waals surface area contributed by atoms with Crippen molar-refractivity contribution in [1.82, 2.24) is 0 Å². The fourth-order valence-corrected chi connectivity index (χ4v) is 13.3. The summed E-state index contributed by atoms with van der Waals surface area (Å²) in [6, 6.07) is 84.1. The van der Waals surface area contributed by atoms with E-state index in [9.17, 15) is 0 Å². The van der Waals surface area contributed by atoms with Crippen molar-refractivity contribution in [3.05, 3.63) is 247 Å². The molecule has 0 fully saturated rings. The summed E-state index contributed by atoms with van der Waals surface area (Å²) in [6.07, 6.45) is 0. The predicted octanol–water partition coefficient (Wildman–Crippen LogP) is 17.6. The topological polar surface area (TPSA) is 3.24 Å². The summed E-state index contributed by atoms with van der Waals surface area (Å²) in [5, 5.41) is 5.28. The first-order chi connectivity index (χ1) is 31.7. The van der Waals surface area contributed by atoms with Gasteiger partial charge >= 0.3 is 0 Å². The lowest BCUT2D eigenvalue weighted by Crippen LogP contribution is -2.26. The average Bonchev–Trinajstić information content (AvgIpc) is 4.09. The Kier molecular flexibility index (Phi) is 7.71. The fraction of sp³-hybridized carbons (Fsp3) is 0.0164. The highest BCUT2D eigenvalue weighted by Crippen LogP contribution is 2.63. The molecule has 298 valence electrons. The van der Waals surface area contributed by atoms with Crippen molar-refractivity contribution >= 4 is 80.1 Å². The average molecular weight is 848 g/mol. The van der Waals surface area contributed by atoms with Crippen LogP contribution >= 0.6 is 22.7 Å². The smallest absolute Gasteiger partial charge is 0.0726 e. The minimum atomic E-state index is -0.427. The van der Waals surface area contributed by atoms with Gasteiger partial charge in [0.1, 0.15) is 0 Å². The molecular formula is C61H37NS2. The first kappa shape index (κ1) is 36.0. The van der Waals surface area contributed by atoms with E-state index in [-0.39, 0.29) is 0 Å². The molecule has 3 heteroatoms. The summed E-state index contributed by atoms with van der Waals surface area (Å²) in [5.41, 5.74) is 18.4. The van der Waals surface area contributed by atoms with Crippen LogP contribution in [0.1, 0.15) is 22.3 Å². The van der Waals surface area contributed by atoms with E-state index in [0.717, 1.165) is 17.1 Å². The van der Waals surface area contributed by atoms with Gasteiger partial charge in [0.15, 0.2) is 0 Å². The maximum atomic E-state index is 2.49. The molecule has 0 atom stereocenters. The predicted molar refractivity (Wildman–Crippen MR) is 274 cm³/mol. The molecule has 2 aliphatic carbocycles. The van der Waals surface area contributed by atoms with Crippen molar-refractivity contribution in [2.75, 3.05) is 4.90 Å². The van der Waals surface area contributed by atoms with Crippen LogP contribution in [0.3, 0.4) is 0 Å². The summed E-state index contributed by atoms with van der Waals surface area (Å²) >= 11 is 3.73. The Labute approximate surface area is 379 Å². The molecule has 0 N–H and O–H groups in total. The number of anilines is 3. The van der Waals surface area contributed by atoms with E-state index in [4.69, 9.17) is 0 Å². The van der Waals surface area contributed by atoms with Crippen LogP contribution in [0, 0.1) is 0 Å². The molecule has 0 unspecified atom stereocenters. The molecule has 0 saturated heterocycles. The van der Waals surface area contributed by atoms with E-state index in [2.05, 4.69) is 229 Å². The van der Waals surface area contributed by atoms with Gasteiger partial charge in [0.25, 0.3) is 0 Å². The third-order valence-electron chi connectivity index (χ3n) is 13.9. The Morgan fingerprint density at radius 2 is 0.641 bits per heavy atom. The molecule has 0 bridgehead atoms. The minimum absolute atomic E-state index is 0.427. The summed E-state index contributed by atoms with van der Waals surface area (Å²) < 4.78 is 5.31. The van der Waals surface area contributed by atoms with Gasteiger partial charge in [-0.2, -0.15) is 0 Å². The maximum Gasteiger partial charge on any atom is 0.0726 e. The number of hydrogen-bond donors (Lipinski definition) is 0. The second-order valence-electron chi connectivity index (χ2n) is 17.2. The van der Waals surface area contributed by atoms with Gasteiger partial charge in [-0.1, -0.05) is 152 Å². The normalized spacial score (nSPS) is 13.1. The highest BCUT2D eigenvalue weighted by atomic mass is 32.1. The molecule has 2 aliphatic rings. The highest BCUT2D eigenvalue weighted by Gasteiger charge is 2.51. The van der Waals surface area contributed by atoms with Gasteiger partial charge in [-0.15, -0.1) is 22.7 Å². The molecule has 12 aromatic rings. The Hall–Kier alpha value is -7.56. The van der Waals surface area contributed by atoms with E-state index < -0.39 is 5.41 Å². The van der Waals surface area contributed by atoms with E-state index >= 15 is 0 Å². The van der Waals surface area contributed by atoms with Crippen LogP contribution in [0.2, 0.25) is 0 Å². The molecule has 0 saturated carbocycles. The van der Waals surface area contributed by atoms with Crippen molar-refractivity contribution in [1.29, 1.82) is 0 Å². The third-order valence-corrected chi connectivity index (χ3v) is 16.2. The molecular weight excluding hydrogens is 811 g/mol. The SMILES string of the molecule is c1ccc2c(c1)-c1ccccc1C21c2ccccc2-c2ccc(N(c3ccc(-c4ccc5sc6ccccc6c5c4)cc3)c3ccc(-c4ccc5sc6ccccc6c5c4)cc3)cc21. The zero-order valence-corrected chi connectivity index (χ0v) is 36.3. The summed E-state index contributed by atoms with van der Waals surface area (Å²) in [6.45, 7) is 0. The van der Waals surface area contributed by atoms with Crippen LogP contribution in [-0.4, -0.2) is 0 Å². The molecule has 64 heavy (non-hydrogen) atoms. The zero-order valence-electron chi connectivity index (χ0n) is 34.6. The van der Waals surface area contributed by atoms with Crippen LogP contribution in [0.5, 0.6) is 0 Å². The standard InChI is InChI=1S/C61H37NS2/c1-6-16-53-45(11-1)46-12-2-7-17-54(46)61(53)55-18-8-3-13-47(55)48-32-31-44(37-56(48)61)62(42-27-21-38(22-28-42)40-25-33-59-51(35-40)49-14-4-9-19-57(49)63-59)43-29-23-39(24-30-43)41-26-34-60-52(36-41)50-15-5-10-20-58(50)64-60/h1-37H. The number of rotatable bonds is 5. The van der Waals surface area contributed by atoms with Crippen molar-refractivity contribution in [2.45, 2.75) is 5.41 Å². The van der Waals surface area contributed by atoms with Crippen LogP contribution in [0.25, 0.3) is 84.9 Å². The van der Waals surface area contributed by atoms with Crippen LogP contribution in [0.4, 0.5) is 17.1 Å². The number of thiophene rings is 2. The lowest BCUT2D eigenvalue weighted by atomic mass is 9.70. The Balaban J connectivity index is 0.933. The van der Waals surface area contributed by atoms with Gasteiger partial charge < -0.3 is 4.90 Å². The van der Waals surface area contributed by atoms with E-state index in [1.807, 2.05) is 22.7 Å². The minimum Gasteiger partial charge on any atom is -0.310 e. The summed E-state index contributed by atoms with van der Waals surface area (Å²) in [7, 11) is 0. The molecule has 14 rings (SSSR count). The molecule has 0 aliphatic heterocycles. The van der Waals surface area contributed by atoms with Crippen molar-refractivity contribution in [2.24, 2.45) is 0 Å². The van der Waals surface area contributed by atoms with Crippen LogP contribution in [-0.2, 0) is 5.41 Å². The molecule has 0 amide bonds. The lowest BCUT2D eigenvalue weighted by molar-refractivity contribution is 0.793. The highest BCUT2D eigenvalue weighted by molar-refractivity contribution is 7.26. The van der Waals surface area contributed by atoms with Crippen molar-refractivity contribution < 1.29 is 0 Å². The Morgan fingerprint density at radius 3 is 1.12 bits per heavy atom. The van der Waals surface area contributed by atoms with Gasteiger partial charge in [0.05, 0.1) is 5.41 Å². The molecule has 0 radical (unpaired) electrons. The largest absolute Gasteiger partial charge is 0.310 e. The molecule has 2 aromatic heterocycles. The Bertz CT molecular complexity index is 3630. The van der Waals surface area contributed by atoms with Gasteiger partial charge in [-0.05, 0) is 140 Å². The van der Waals surface area contributed by atoms with Crippen molar-refractivity contribution in [3.8, 4) is 44.5 Å². The number of benzene rings is 10. The number of nitrogens with zero attached hydrogens (tertiary/aromatic N) is 1. The number of fused-ring (bicyclic) bond motifs is 16. The second kappa shape index (κ2) is 13.7. The Morgan fingerprint density at radius 1 is 0.266 bits per heavy atom. The van der Waals surface area contributed by atoms with Gasteiger partial charge in [0.2, 0.25) is 0 Å². The summed E-state index contributed by atoms with van der Waals surface area (Å²) in [4.78, 5) is 2.45. The molecule has 1 spiro atoms. The molecule has 10 aromatic carbocycles. The molecule has 2 heterocycles. The fourth-order valence-electron chi connectivity index (χ4n) is 11.1. The molecule has 1 nitrogen and oxygen atoms in total. The van der Waals surface area contributed by atoms with E-state index in [1.165, 1.54) is 107 Å². The first-order valence-corrected chi connectivity index (χ1v) is 23.6. The third kappa shape index (κ3) is 5.11. The quantitative estimate of drug-likeness (QED) is 0.167. The van der Waals surface area contributed by atoms with Crippen LogP contribution < -0.4 is 4.90 Å². The van der Waals surface area contributed by atoms with Crippen LogP contribution in [0.15, 0.2) is 224 Å². The van der Waals surface area contributed by atoms with Gasteiger partial charge in [-0.25, -0.2) is 0 Å². The lowest BCUT2D eigenvalue weighted by Gasteiger charge is -2.32. The second-order valence-corrected chi connectivity index (χ2v) is 19.3. The zero-order chi connectivity index (χ0) is 41.9.